The number of nitrogens with zero attached hydrogens (tertiary/aromatic N) is 1. The van der Waals surface area contributed by atoms with Crippen LogP contribution in [0.15, 0.2) is 66.4 Å². The lowest BCUT2D eigenvalue weighted by molar-refractivity contribution is -0.157. The van der Waals surface area contributed by atoms with Crippen molar-refractivity contribution in [3.05, 3.63) is 77.5 Å². The summed E-state index contributed by atoms with van der Waals surface area (Å²) in [6, 6.07) is 18.0. The van der Waals surface area contributed by atoms with Gasteiger partial charge in [0.2, 0.25) is 0 Å². The van der Waals surface area contributed by atoms with Gasteiger partial charge in [0.1, 0.15) is 5.76 Å². The molecule has 0 aromatic heterocycles. The molecule has 0 bridgehead atoms. The molecule has 40 heavy (non-hydrogen) atoms. The minimum absolute atomic E-state index is 0.129. The van der Waals surface area contributed by atoms with Crippen LogP contribution < -0.4 is 10.4 Å². The van der Waals surface area contributed by atoms with E-state index in [1.165, 1.54) is 0 Å². The Kier molecular flexibility index (Phi) is 7.57. The predicted molar refractivity (Wildman–Crippen MR) is 154 cm³/mol. The number of anilines is 2. The van der Waals surface area contributed by atoms with Crippen LogP contribution in [-0.2, 0) is 24.0 Å². The fourth-order valence-corrected chi connectivity index (χ4v) is 3.99. The Morgan fingerprint density at radius 3 is 2.10 bits per heavy atom. The van der Waals surface area contributed by atoms with Gasteiger partial charge in [-0.2, -0.15) is 0 Å². The van der Waals surface area contributed by atoms with Gasteiger partial charge >= 0.3 is 11.9 Å². The van der Waals surface area contributed by atoms with Crippen LogP contribution in [0.4, 0.5) is 11.4 Å². The molecular weight excluding hydrogens is 508 g/mol. The number of hydrogen-bond donors (Lipinski definition) is 1. The molecule has 1 N–H and O–H groups in total. The second-order valence-corrected chi connectivity index (χ2v) is 11.8. The molecule has 0 radical (unpaired) electrons. The molecule has 0 fully saturated rings. The number of hydrogen-bond acceptors (Lipinski definition) is 6. The lowest BCUT2D eigenvalue weighted by atomic mass is 9.97. The van der Waals surface area contributed by atoms with E-state index in [1.807, 2.05) is 30.3 Å². The number of benzene rings is 3. The van der Waals surface area contributed by atoms with Gasteiger partial charge in [-0.15, -0.1) is 5.06 Å². The van der Waals surface area contributed by atoms with E-state index in [0.29, 0.717) is 16.8 Å². The van der Waals surface area contributed by atoms with E-state index in [1.54, 1.807) is 78.8 Å². The van der Waals surface area contributed by atoms with Gasteiger partial charge in [0.05, 0.1) is 22.1 Å². The van der Waals surface area contributed by atoms with Crippen LogP contribution in [0.2, 0.25) is 0 Å². The first-order valence-corrected chi connectivity index (χ1v) is 13.2. The minimum atomic E-state index is -0.888. The molecule has 1 heterocycles. The maximum atomic E-state index is 13.6. The molecule has 8 heteroatoms. The maximum absolute atomic E-state index is 13.6. The fourth-order valence-electron chi connectivity index (χ4n) is 3.99. The summed E-state index contributed by atoms with van der Waals surface area (Å²) in [5.74, 6) is -1.91. The zero-order valence-electron chi connectivity index (χ0n) is 23.9. The predicted octanol–water partition coefficient (Wildman–Crippen LogP) is 6.65. The van der Waals surface area contributed by atoms with Crippen molar-refractivity contribution in [1.29, 1.82) is 0 Å². The molecule has 0 saturated heterocycles. The number of esters is 1. The molecule has 2 amide bonds. The molecule has 0 atom stereocenters. The van der Waals surface area contributed by atoms with Crippen molar-refractivity contribution in [2.45, 2.75) is 54.9 Å². The number of carbonyl (C=O) groups excluding carboxylic acids is 4. The van der Waals surface area contributed by atoms with Gasteiger partial charge < -0.3 is 14.9 Å². The molecule has 8 nitrogen and oxygen atoms in total. The van der Waals surface area contributed by atoms with Crippen LogP contribution in [0, 0.1) is 10.8 Å². The topological polar surface area (TPSA) is 102 Å². The van der Waals surface area contributed by atoms with E-state index >= 15 is 0 Å². The molecule has 3 aromatic carbocycles. The Morgan fingerprint density at radius 2 is 1.48 bits per heavy atom. The van der Waals surface area contributed by atoms with Crippen LogP contribution in [0.5, 0.6) is 0 Å². The van der Waals surface area contributed by atoms with Gasteiger partial charge in [-0.05, 0) is 82.6 Å². The molecule has 3 aromatic rings. The summed E-state index contributed by atoms with van der Waals surface area (Å²) in [6.45, 7) is 12.0. The monoisotopic (exact) mass is 542 g/mol. The number of allylic oxidation sites excluding steroid dienone is 1. The first kappa shape index (κ1) is 28.5. The van der Waals surface area contributed by atoms with E-state index in [4.69, 9.17) is 9.57 Å². The van der Waals surface area contributed by atoms with Crippen LogP contribution in [0.3, 0.4) is 0 Å². The number of fused-ring (bicyclic) bond motifs is 2. The number of amides is 2. The number of ether oxygens (including phenoxy) is 1. The number of carbonyl (C=O) groups is 4. The van der Waals surface area contributed by atoms with E-state index in [0.717, 1.165) is 15.8 Å². The number of rotatable bonds is 5. The largest absolute Gasteiger partial charge is 0.430 e. The zero-order valence-corrected chi connectivity index (χ0v) is 23.9. The smallest absolute Gasteiger partial charge is 0.338 e. The SMILES string of the molecule is CC/C(OC(=O)C(C)(C)C)=C1/C(=O)N(OC(=O)C(C)(C)C)c2cc(NC(=O)c3ccc4ccccc4c3)ccc21. The van der Waals surface area contributed by atoms with Crippen LogP contribution in [-0.4, -0.2) is 23.8 Å². The minimum Gasteiger partial charge on any atom is -0.430 e. The Morgan fingerprint density at radius 1 is 0.825 bits per heavy atom. The number of hydroxylamine groups is 1. The molecule has 0 saturated carbocycles. The number of nitrogens with one attached hydrogen (secondary N) is 1. The Hall–Kier alpha value is -4.46. The van der Waals surface area contributed by atoms with Crippen molar-refractivity contribution in [3.8, 4) is 0 Å². The molecular formula is C32H34N2O6. The van der Waals surface area contributed by atoms with E-state index in [-0.39, 0.29) is 29.3 Å². The van der Waals surface area contributed by atoms with Gasteiger partial charge in [0, 0.05) is 23.2 Å². The van der Waals surface area contributed by atoms with Gasteiger partial charge in [0.25, 0.3) is 11.8 Å². The summed E-state index contributed by atoms with van der Waals surface area (Å²) in [5, 5.41) is 5.72. The molecule has 1 aliphatic rings. The van der Waals surface area contributed by atoms with Crippen molar-refractivity contribution >= 4 is 51.5 Å². The fraction of sp³-hybridized carbons (Fsp3) is 0.312. The standard InChI is InChI=1S/C32H34N2O6/c1-8-25(39-29(37)31(2,3)4)26-23-16-15-22(18-24(23)34(28(26)36)40-30(38)32(5,6)7)33-27(35)21-14-13-19-11-9-10-12-20(19)17-21/h9-18H,8H2,1-7H3,(H,33,35)/b26-25-. The first-order valence-electron chi connectivity index (χ1n) is 13.2. The van der Waals surface area contributed by atoms with Gasteiger partial charge in [-0.25, -0.2) is 4.79 Å². The van der Waals surface area contributed by atoms with E-state index < -0.39 is 28.7 Å². The molecule has 4 rings (SSSR count). The van der Waals surface area contributed by atoms with Crippen LogP contribution >= 0.6 is 0 Å². The van der Waals surface area contributed by atoms with E-state index in [9.17, 15) is 19.2 Å². The summed E-state index contributed by atoms with van der Waals surface area (Å²) >= 11 is 0. The van der Waals surface area contributed by atoms with Crippen LogP contribution in [0.25, 0.3) is 16.3 Å². The molecule has 0 unspecified atom stereocenters. The van der Waals surface area contributed by atoms with Gasteiger partial charge in [-0.1, -0.05) is 37.3 Å². The Bertz CT molecular complexity index is 1560. The van der Waals surface area contributed by atoms with Crippen molar-refractivity contribution in [1.82, 2.24) is 0 Å². The Labute approximate surface area is 233 Å². The molecule has 0 spiro atoms. The third-order valence-corrected chi connectivity index (χ3v) is 6.37. The lowest BCUT2D eigenvalue weighted by Crippen LogP contribution is -2.35. The van der Waals surface area contributed by atoms with Gasteiger partial charge in [-0.3, -0.25) is 14.4 Å². The van der Waals surface area contributed by atoms with Crippen molar-refractivity contribution in [2.75, 3.05) is 10.4 Å². The average molecular weight is 543 g/mol. The van der Waals surface area contributed by atoms with Crippen molar-refractivity contribution in [3.63, 3.8) is 0 Å². The third kappa shape index (κ3) is 5.76. The second-order valence-electron chi connectivity index (χ2n) is 11.8. The van der Waals surface area contributed by atoms with Crippen molar-refractivity contribution in [2.24, 2.45) is 10.8 Å². The third-order valence-electron chi connectivity index (χ3n) is 6.37. The summed E-state index contributed by atoms with van der Waals surface area (Å²) in [5.41, 5.74) is -0.00594. The molecule has 208 valence electrons. The normalized spacial score (nSPS) is 14.6. The highest BCUT2D eigenvalue weighted by Gasteiger charge is 2.41. The maximum Gasteiger partial charge on any atom is 0.338 e. The average Bonchev–Trinajstić information content (AvgIpc) is 3.16. The summed E-state index contributed by atoms with van der Waals surface area (Å²) in [6.07, 6.45) is 0.254. The summed E-state index contributed by atoms with van der Waals surface area (Å²) < 4.78 is 5.67. The lowest BCUT2D eigenvalue weighted by Gasteiger charge is -2.22. The first-order chi connectivity index (χ1) is 18.7. The zero-order chi connectivity index (χ0) is 29.4. The highest BCUT2D eigenvalue weighted by molar-refractivity contribution is 6.33. The highest BCUT2D eigenvalue weighted by atomic mass is 16.7. The summed E-state index contributed by atoms with van der Waals surface area (Å²) in [4.78, 5) is 57.8. The molecule has 0 aliphatic carbocycles. The second kappa shape index (κ2) is 10.6. The van der Waals surface area contributed by atoms with Crippen LogP contribution in [0.1, 0.15) is 70.8 Å². The van der Waals surface area contributed by atoms with Gasteiger partial charge in [0.15, 0.2) is 0 Å². The summed E-state index contributed by atoms with van der Waals surface area (Å²) in [7, 11) is 0. The highest BCUT2D eigenvalue weighted by Crippen LogP contribution is 2.42. The quantitative estimate of drug-likeness (QED) is 0.220. The van der Waals surface area contributed by atoms with Crippen molar-refractivity contribution < 1.29 is 28.8 Å². The Balaban J connectivity index is 1.74. The van der Waals surface area contributed by atoms with E-state index in [2.05, 4.69) is 5.32 Å². The molecule has 1 aliphatic heterocycles.